The van der Waals surface area contributed by atoms with E-state index in [1.54, 1.807) is 11.5 Å². The Balaban J connectivity index is 2.53. The predicted molar refractivity (Wildman–Crippen MR) is 57.0 cm³/mol. The fraction of sp³-hybridized carbons (Fsp3) is 0.182. The van der Waals surface area contributed by atoms with Crippen LogP contribution in [0, 0.1) is 13.8 Å². The third-order valence-electron chi connectivity index (χ3n) is 2.09. The van der Waals surface area contributed by atoms with Crippen LogP contribution in [0.2, 0.25) is 0 Å². The summed E-state index contributed by atoms with van der Waals surface area (Å²) in [5, 5.41) is 0. The molecule has 0 fully saturated rings. The molecule has 0 aliphatic rings. The zero-order valence-corrected chi connectivity index (χ0v) is 8.56. The smallest absolute Gasteiger partial charge is 0.0552 e. The van der Waals surface area contributed by atoms with Gasteiger partial charge in [0, 0.05) is 6.20 Å². The highest BCUT2D eigenvalue weighted by molar-refractivity contribution is 7.09. The Hall–Kier alpha value is -1.15. The van der Waals surface area contributed by atoms with Gasteiger partial charge in [-0.05, 0) is 42.6 Å². The molecule has 66 valence electrons. The Bertz CT molecular complexity index is 404. The van der Waals surface area contributed by atoms with Gasteiger partial charge >= 0.3 is 0 Å². The maximum Gasteiger partial charge on any atom is 0.0552 e. The van der Waals surface area contributed by atoms with Crippen molar-refractivity contribution in [1.29, 1.82) is 0 Å². The van der Waals surface area contributed by atoms with Crippen LogP contribution in [-0.2, 0) is 0 Å². The van der Waals surface area contributed by atoms with E-state index in [1.807, 2.05) is 6.20 Å². The summed E-state index contributed by atoms with van der Waals surface area (Å²) in [5.41, 5.74) is 3.93. The monoisotopic (exact) mass is 189 g/mol. The maximum atomic E-state index is 4.10. The molecule has 0 saturated carbocycles. The summed E-state index contributed by atoms with van der Waals surface area (Å²) in [5.74, 6) is 0. The third kappa shape index (κ3) is 1.63. The Morgan fingerprint density at radius 3 is 2.62 bits per heavy atom. The Labute approximate surface area is 82.2 Å². The van der Waals surface area contributed by atoms with Crippen LogP contribution in [0.4, 0.5) is 0 Å². The van der Waals surface area contributed by atoms with Crippen LogP contribution in [0.15, 0.2) is 30.5 Å². The Morgan fingerprint density at radius 1 is 1.15 bits per heavy atom. The summed E-state index contributed by atoms with van der Waals surface area (Å²) in [6.45, 7) is 4.26. The molecule has 0 atom stereocenters. The van der Waals surface area contributed by atoms with Crippen LogP contribution >= 0.6 is 11.5 Å². The number of hydrogen-bond donors (Lipinski definition) is 0. The van der Waals surface area contributed by atoms with Gasteiger partial charge in [-0.3, -0.25) is 0 Å². The SMILES string of the molecule is Cc1ccc(-c2ccns2)c(C)c1. The van der Waals surface area contributed by atoms with E-state index in [-0.39, 0.29) is 0 Å². The van der Waals surface area contributed by atoms with Crippen molar-refractivity contribution >= 4 is 11.5 Å². The van der Waals surface area contributed by atoms with Crippen LogP contribution in [0.1, 0.15) is 11.1 Å². The molecular weight excluding hydrogens is 178 g/mol. The first-order valence-electron chi connectivity index (χ1n) is 4.25. The average Bonchev–Trinajstić information content (AvgIpc) is 2.56. The molecule has 0 saturated heterocycles. The van der Waals surface area contributed by atoms with Crippen molar-refractivity contribution in [2.45, 2.75) is 13.8 Å². The van der Waals surface area contributed by atoms with E-state index < -0.39 is 0 Å². The molecule has 0 aliphatic carbocycles. The molecule has 0 N–H and O–H groups in total. The van der Waals surface area contributed by atoms with Gasteiger partial charge in [0.2, 0.25) is 0 Å². The number of aromatic nitrogens is 1. The lowest BCUT2D eigenvalue weighted by atomic mass is 10.0. The van der Waals surface area contributed by atoms with Crippen molar-refractivity contribution in [2.24, 2.45) is 0 Å². The molecular formula is C11H11NS. The van der Waals surface area contributed by atoms with Gasteiger partial charge in [0.05, 0.1) is 4.88 Å². The standard InChI is InChI=1S/C11H11NS/c1-8-3-4-10(9(2)7-8)11-5-6-12-13-11/h3-7H,1-2H3. The van der Waals surface area contributed by atoms with Gasteiger partial charge in [-0.25, -0.2) is 4.37 Å². The second-order valence-electron chi connectivity index (χ2n) is 3.20. The summed E-state index contributed by atoms with van der Waals surface area (Å²) < 4.78 is 4.10. The quantitative estimate of drug-likeness (QED) is 0.669. The number of nitrogens with zero attached hydrogens (tertiary/aromatic N) is 1. The average molecular weight is 189 g/mol. The molecule has 1 heterocycles. The van der Waals surface area contributed by atoms with Crippen molar-refractivity contribution in [3.8, 4) is 10.4 Å². The zero-order valence-electron chi connectivity index (χ0n) is 7.74. The van der Waals surface area contributed by atoms with E-state index in [1.165, 1.54) is 21.6 Å². The molecule has 13 heavy (non-hydrogen) atoms. The molecule has 0 unspecified atom stereocenters. The highest BCUT2D eigenvalue weighted by atomic mass is 32.1. The molecule has 0 radical (unpaired) electrons. The first-order chi connectivity index (χ1) is 6.27. The Kier molecular flexibility index (Phi) is 2.15. The summed E-state index contributed by atoms with van der Waals surface area (Å²) in [6, 6.07) is 8.57. The van der Waals surface area contributed by atoms with E-state index in [9.17, 15) is 0 Å². The highest BCUT2D eigenvalue weighted by Crippen LogP contribution is 2.26. The Morgan fingerprint density at radius 2 is 2.00 bits per heavy atom. The number of hydrogen-bond acceptors (Lipinski definition) is 2. The summed E-state index contributed by atoms with van der Waals surface area (Å²) >= 11 is 1.55. The molecule has 1 aromatic heterocycles. The summed E-state index contributed by atoms with van der Waals surface area (Å²) in [7, 11) is 0. The minimum atomic E-state index is 1.25. The van der Waals surface area contributed by atoms with E-state index in [0.29, 0.717) is 0 Å². The fourth-order valence-electron chi connectivity index (χ4n) is 1.44. The first-order valence-corrected chi connectivity index (χ1v) is 5.03. The number of benzene rings is 1. The first kappa shape index (κ1) is 8.45. The lowest BCUT2D eigenvalue weighted by molar-refractivity contribution is 1.39. The van der Waals surface area contributed by atoms with Gasteiger partial charge < -0.3 is 0 Å². The van der Waals surface area contributed by atoms with Gasteiger partial charge in [0.1, 0.15) is 0 Å². The highest BCUT2D eigenvalue weighted by Gasteiger charge is 2.02. The van der Waals surface area contributed by atoms with Gasteiger partial charge in [-0.1, -0.05) is 23.8 Å². The molecule has 0 amide bonds. The van der Waals surface area contributed by atoms with Crippen molar-refractivity contribution in [3.05, 3.63) is 41.6 Å². The second kappa shape index (κ2) is 3.30. The van der Waals surface area contributed by atoms with E-state index in [4.69, 9.17) is 0 Å². The molecule has 0 aliphatic heterocycles. The molecule has 1 nitrogen and oxygen atoms in total. The van der Waals surface area contributed by atoms with Crippen LogP contribution in [0.5, 0.6) is 0 Å². The van der Waals surface area contributed by atoms with Crippen LogP contribution in [0.25, 0.3) is 10.4 Å². The normalized spacial score (nSPS) is 10.3. The lowest BCUT2D eigenvalue weighted by Crippen LogP contribution is -1.81. The second-order valence-corrected chi connectivity index (χ2v) is 4.03. The lowest BCUT2D eigenvalue weighted by Gasteiger charge is -2.02. The van der Waals surface area contributed by atoms with Crippen LogP contribution in [0.3, 0.4) is 0 Å². The van der Waals surface area contributed by atoms with E-state index in [2.05, 4.69) is 42.5 Å². The minimum absolute atomic E-state index is 1.25. The molecule has 2 aromatic rings. The predicted octanol–water partition coefficient (Wildman–Crippen LogP) is 3.43. The van der Waals surface area contributed by atoms with Gasteiger partial charge in [0.15, 0.2) is 0 Å². The van der Waals surface area contributed by atoms with Crippen molar-refractivity contribution < 1.29 is 0 Å². The van der Waals surface area contributed by atoms with Crippen molar-refractivity contribution in [3.63, 3.8) is 0 Å². The number of aryl methyl sites for hydroxylation is 2. The molecule has 0 spiro atoms. The van der Waals surface area contributed by atoms with E-state index >= 15 is 0 Å². The minimum Gasteiger partial charge on any atom is -0.201 e. The number of rotatable bonds is 1. The molecule has 1 aromatic carbocycles. The van der Waals surface area contributed by atoms with Crippen LogP contribution in [-0.4, -0.2) is 4.37 Å². The van der Waals surface area contributed by atoms with Crippen molar-refractivity contribution in [1.82, 2.24) is 4.37 Å². The zero-order chi connectivity index (χ0) is 9.26. The largest absolute Gasteiger partial charge is 0.201 e. The van der Waals surface area contributed by atoms with Gasteiger partial charge in [-0.15, -0.1) is 0 Å². The summed E-state index contributed by atoms with van der Waals surface area (Å²) in [4.78, 5) is 1.25. The molecule has 0 bridgehead atoms. The van der Waals surface area contributed by atoms with Gasteiger partial charge in [0.25, 0.3) is 0 Å². The molecule has 2 rings (SSSR count). The maximum absolute atomic E-state index is 4.10. The van der Waals surface area contributed by atoms with Gasteiger partial charge in [-0.2, -0.15) is 0 Å². The third-order valence-corrected chi connectivity index (χ3v) is 2.87. The topological polar surface area (TPSA) is 12.9 Å². The molecule has 2 heteroatoms. The fourth-order valence-corrected chi connectivity index (χ4v) is 2.13. The van der Waals surface area contributed by atoms with Crippen molar-refractivity contribution in [2.75, 3.05) is 0 Å². The summed E-state index contributed by atoms with van der Waals surface area (Å²) in [6.07, 6.45) is 1.85. The van der Waals surface area contributed by atoms with E-state index in [0.717, 1.165) is 0 Å². The van der Waals surface area contributed by atoms with Crippen LogP contribution < -0.4 is 0 Å².